The Morgan fingerprint density at radius 2 is 2.31 bits per heavy atom. The maximum Gasteiger partial charge on any atom is 0.190 e. The monoisotopic (exact) mass is 380 g/mol. The van der Waals surface area contributed by atoms with Crippen LogP contribution in [-0.4, -0.2) is 57.3 Å². The standard InChI is InChI=1S/C20H36N4OS/c1-17(2)16-25-11-6-9-22-20(21-3)23-13-18-7-4-10-24(14-18)15-19-8-5-12-26-19/h5,8,12,17-18H,4,6-7,9-11,13-16H2,1-3H3,(H2,21,22,23). The number of piperidine rings is 1. The first-order chi connectivity index (χ1) is 12.7. The Labute approximate surface area is 163 Å². The number of thiophene rings is 1. The van der Waals surface area contributed by atoms with Gasteiger partial charge in [-0.15, -0.1) is 11.3 Å². The van der Waals surface area contributed by atoms with Crippen molar-refractivity contribution in [3.8, 4) is 0 Å². The van der Waals surface area contributed by atoms with Gasteiger partial charge in [0, 0.05) is 51.3 Å². The fourth-order valence-corrected chi connectivity index (χ4v) is 3.99. The van der Waals surface area contributed by atoms with Crippen molar-refractivity contribution in [3.63, 3.8) is 0 Å². The van der Waals surface area contributed by atoms with Crippen molar-refractivity contribution in [2.75, 3.05) is 46.4 Å². The molecule has 0 saturated carbocycles. The van der Waals surface area contributed by atoms with E-state index in [-0.39, 0.29) is 0 Å². The van der Waals surface area contributed by atoms with E-state index in [1.165, 1.54) is 30.8 Å². The molecule has 0 bridgehead atoms. The zero-order valence-electron chi connectivity index (χ0n) is 16.7. The summed E-state index contributed by atoms with van der Waals surface area (Å²) in [5.74, 6) is 2.20. The molecule has 1 fully saturated rings. The Morgan fingerprint density at radius 3 is 3.04 bits per heavy atom. The number of ether oxygens (including phenoxy) is 1. The Bertz CT molecular complexity index is 504. The molecule has 1 atom stereocenters. The second-order valence-corrected chi connectivity index (χ2v) is 8.56. The van der Waals surface area contributed by atoms with E-state index in [4.69, 9.17) is 4.74 Å². The van der Waals surface area contributed by atoms with Gasteiger partial charge in [-0.25, -0.2) is 0 Å². The first kappa shape index (κ1) is 21.2. The van der Waals surface area contributed by atoms with Crippen LogP contribution in [0.15, 0.2) is 22.5 Å². The van der Waals surface area contributed by atoms with Crippen LogP contribution in [-0.2, 0) is 11.3 Å². The number of nitrogens with one attached hydrogen (secondary N) is 2. The van der Waals surface area contributed by atoms with E-state index in [9.17, 15) is 0 Å². The summed E-state index contributed by atoms with van der Waals surface area (Å²) in [5, 5.41) is 9.06. The third-order valence-electron chi connectivity index (χ3n) is 4.55. The van der Waals surface area contributed by atoms with Crippen LogP contribution in [0.1, 0.15) is 38.0 Å². The van der Waals surface area contributed by atoms with Crippen LogP contribution in [0.5, 0.6) is 0 Å². The van der Waals surface area contributed by atoms with Gasteiger partial charge in [0.15, 0.2) is 5.96 Å². The SMILES string of the molecule is CN=C(NCCCOCC(C)C)NCC1CCCN(Cc2cccs2)C1. The summed E-state index contributed by atoms with van der Waals surface area (Å²) in [5.41, 5.74) is 0. The Morgan fingerprint density at radius 1 is 1.42 bits per heavy atom. The molecule has 0 aromatic carbocycles. The summed E-state index contributed by atoms with van der Waals surface area (Å²) in [6.45, 7) is 11.4. The van der Waals surface area contributed by atoms with Gasteiger partial charge in [0.1, 0.15) is 0 Å². The van der Waals surface area contributed by atoms with Gasteiger partial charge in [0.25, 0.3) is 0 Å². The molecule has 26 heavy (non-hydrogen) atoms. The minimum Gasteiger partial charge on any atom is -0.381 e. The fourth-order valence-electron chi connectivity index (χ4n) is 3.25. The molecule has 1 unspecified atom stereocenters. The molecule has 1 aliphatic rings. The van der Waals surface area contributed by atoms with Gasteiger partial charge in [0.05, 0.1) is 0 Å². The highest BCUT2D eigenvalue weighted by molar-refractivity contribution is 7.09. The first-order valence-electron chi connectivity index (χ1n) is 9.94. The lowest BCUT2D eigenvalue weighted by Crippen LogP contribution is -2.44. The van der Waals surface area contributed by atoms with Gasteiger partial charge < -0.3 is 15.4 Å². The molecule has 2 heterocycles. The molecule has 1 aromatic rings. The molecule has 2 N–H and O–H groups in total. The van der Waals surface area contributed by atoms with Crippen LogP contribution in [0.4, 0.5) is 0 Å². The van der Waals surface area contributed by atoms with Crippen LogP contribution in [0.25, 0.3) is 0 Å². The van der Waals surface area contributed by atoms with Crippen molar-refractivity contribution in [2.24, 2.45) is 16.8 Å². The number of hydrogen-bond acceptors (Lipinski definition) is 4. The van der Waals surface area contributed by atoms with E-state index in [2.05, 4.69) is 51.9 Å². The molecule has 5 nitrogen and oxygen atoms in total. The Hall–Kier alpha value is -1.11. The average Bonchev–Trinajstić information content (AvgIpc) is 3.13. The lowest BCUT2D eigenvalue weighted by molar-refractivity contribution is 0.108. The highest BCUT2D eigenvalue weighted by Gasteiger charge is 2.20. The summed E-state index contributed by atoms with van der Waals surface area (Å²) in [7, 11) is 1.84. The van der Waals surface area contributed by atoms with E-state index in [1.54, 1.807) is 0 Å². The van der Waals surface area contributed by atoms with Crippen molar-refractivity contribution in [2.45, 2.75) is 39.7 Å². The number of likely N-dealkylation sites (tertiary alicyclic amines) is 1. The summed E-state index contributed by atoms with van der Waals surface area (Å²) in [6.07, 6.45) is 3.59. The molecule has 0 amide bonds. The summed E-state index contributed by atoms with van der Waals surface area (Å²) >= 11 is 1.86. The Kier molecular flexibility index (Phi) is 10.0. The second kappa shape index (κ2) is 12.3. The molecular formula is C20H36N4OS. The summed E-state index contributed by atoms with van der Waals surface area (Å²) in [6, 6.07) is 4.38. The molecule has 1 aliphatic heterocycles. The molecule has 1 saturated heterocycles. The Balaban J connectivity index is 1.59. The summed E-state index contributed by atoms with van der Waals surface area (Å²) < 4.78 is 5.62. The molecule has 1 aromatic heterocycles. The van der Waals surface area contributed by atoms with E-state index < -0.39 is 0 Å². The van der Waals surface area contributed by atoms with Crippen LogP contribution >= 0.6 is 11.3 Å². The predicted octanol–water partition coefficient (Wildman–Crippen LogP) is 3.19. The molecular weight excluding hydrogens is 344 g/mol. The lowest BCUT2D eigenvalue weighted by atomic mass is 9.98. The maximum absolute atomic E-state index is 5.62. The van der Waals surface area contributed by atoms with Gasteiger partial charge >= 0.3 is 0 Å². The highest BCUT2D eigenvalue weighted by Crippen LogP contribution is 2.19. The second-order valence-electron chi connectivity index (χ2n) is 7.52. The number of nitrogens with zero attached hydrogens (tertiary/aromatic N) is 2. The summed E-state index contributed by atoms with van der Waals surface area (Å²) in [4.78, 5) is 8.40. The van der Waals surface area contributed by atoms with Crippen molar-refractivity contribution in [1.82, 2.24) is 15.5 Å². The molecule has 148 valence electrons. The molecule has 2 rings (SSSR count). The number of aliphatic imine (C=N–C) groups is 1. The van der Waals surface area contributed by atoms with Crippen LogP contribution in [0.3, 0.4) is 0 Å². The smallest absolute Gasteiger partial charge is 0.190 e. The molecule has 6 heteroatoms. The van der Waals surface area contributed by atoms with E-state index in [0.29, 0.717) is 11.8 Å². The van der Waals surface area contributed by atoms with Gasteiger partial charge in [-0.1, -0.05) is 19.9 Å². The minimum absolute atomic E-state index is 0.604. The quantitative estimate of drug-likeness (QED) is 0.372. The fraction of sp³-hybridized carbons (Fsp3) is 0.750. The van der Waals surface area contributed by atoms with E-state index in [1.807, 2.05) is 18.4 Å². The van der Waals surface area contributed by atoms with Gasteiger partial charge in [-0.3, -0.25) is 9.89 Å². The molecule has 0 spiro atoms. The van der Waals surface area contributed by atoms with Gasteiger partial charge in [-0.05, 0) is 49.1 Å². The number of hydrogen-bond donors (Lipinski definition) is 2. The zero-order chi connectivity index (χ0) is 18.6. The van der Waals surface area contributed by atoms with Gasteiger partial charge in [0.2, 0.25) is 0 Å². The van der Waals surface area contributed by atoms with E-state index >= 15 is 0 Å². The van der Waals surface area contributed by atoms with E-state index in [0.717, 1.165) is 45.2 Å². The average molecular weight is 381 g/mol. The van der Waals surface area contributed by atoms with Crippen LogP contribution in [0, 0.1) is 11.8 Å². The minimum atomic E-state index is 0.604. The normalized spacial score (nSPS) is 19.1. The molecule has 0 aliphatic carbocycles. The maximum atomic E-state index is 5.62. The lowest BCUT2D eigenvalue weighted by Gasteiger charge is -2.32. The highest BCUT2D eigenvalue weighted by atomic mass is 32.1. The predicted molar refractivity (Wildman–Crippen MR) is 112 cm³/mol. The van der Waals surface area contributed by atoms with Crippen LogP contribution < -0.4 is 10.6 Å². The van der Waals surface area contributed by atoms with Crippen LogP contribution in [0.2, 0.25) is 0 Å². The van der Waals surface area contributed by atoms with Crippen molar-refractivity contribution < 1.29 is 4.74 Å². The third-order valence-corrected chi connectivity index (χ3v) is 5.41. The molecule has 0 radical (unpaired) electrons. The van der Waals surface area contributed by atoms with Crippen molar-refractivity contribution in [3.05, 3.63) is 22.4 Å². The van der Waals surface area contributed by atoms with Crippen molar-refractivity contribution >= 4 is 17.3 Å². The first-order valence-corrected chi connectivity index (χ1v) is 10.8. The third kappa shape index (κ3) is 8.52. The topological polar surface area (TPSA) is 48.9 Å². The largest absolute Gasteiger partial charge is 0.381 e. The number of guanidine groups is 1. The zero-order valence-corrected chi connectivity index (χ0v) is 17.5. The van der Waals surface area contributed by atoms with Gasteiger partial charge in [-0.2, -0.15) is 0 Å². The number of rotatable bonds is 10. The van der Waals surface area contributed by atoms with Crippen molar-refractivity contribution in [1.29, 1.82) is 0 Å².